The number of hydrogen-bond donors (Lipinski definition) is 2. The van der Waals surface area contributed by atoms with Crippen molar-refractivity contribution >= 4 is 11.6 Å². The molecular weight excluding hydrogens is 206 g/mol. The molecule has 0 saturated carbocycles. The average Bonchev–Trinajstić information content (AvgIpc) is 2.82. The molecule has 0 amide bonds. The molecule has 6 nitrogen and oxygen atoms in total. The largest absolute Gasteiger partial charge is 0.377 e. The fraction of sp³-hybridized carbons (Fsp3) is 0.600. The van der Waals surface area contributed by atoms with Crippen LogP contribution in [0.2, 0.25) is 0 Å². The quantitative estimate of drug-likeness (QED) is 0.572. The van der Waals surface area contributed by atoms with Gasteiger partial charge in [-0.1, -0.05) is 0 Å². The van der Waals surface area contributed by atoms with Crippen LogP contribution in [-0.2, 0) is 11.3 Å². The second-order valence-corrected chi connectivity index (χ2v) is 3.80. The second kappa shape index (κ2) is 5.09. The molecule has 3 N–H and O–H groups in total. The van der Waals surface area contributed by atoms with Crippen molar-refractivity contribution in [3.63, 3.8) is 0 Å². The van der Waals surface area contributed by atoms with E-state index in [0.717, 1.165) is 18.9 Å². The fourth-order valence-electron chi connectivity index (χ4n) is 1.86. The van der Waals surface area contributed by atoms with Crippen molar-refractivity contribution in [2.75, 3.05) is 30.5 Å². The predicted octanol–water partition coefficient (Wildman–Crippen LogP) is 0.509. The molecule has 0 bridgehead atoms. The van der Waals surface area contributed by atoms with Crippen molar-refractivity contribution in [2.24, 2.45) is 5.84 Å². The summed E-state index contributed by atoms with van der Waals surface area (Å²) < 4.78 is 5.03. The summed E-state index contributed by atoms with van der Waals surface area (Å²) in [5.41, 5.74) is 2.56. The van der Waals surface area contributed by atoms with E-state index < -0.39 is 0 Å². The fourth-order valence-corrected chi connectivity index (χ4v) is 1.86. The zero-order valence-corrected chi connectivity index (χ0v) is 9.44. The number of nitrogens with two attached hydrogens (primary N) is 1. The van der Waals surface area contributed by atoms with Crippen molar-refractivity contribution in [1.82, 2.24) is 9.97 Å². The number of nitrogen functional groups attached to an aromatic ring is 1. The van der Waals surface area contributed by atoms with Crippen molar-refractivity contribution < 1.29 is 4.74 Å². The van der Waals surface area contributed by atoms with Gasteiger partial charge in [-0.3, -0.25) is 0 Å². The standard InChI is InChI=1S/C10H17N5O/c1-16-7-9-12-8(14-11)6-10(13-9)15-4-2-3-5-15/h6H,2-5,7,11H2,1H3,(H,12,13,14). The van der Waals surface area contributed by atoms with Crippen LogP contribution >= 0.6 is 0 Å². The minimum Gasteiger partial charge on any atom is -0.377 e. The van der Waals surface area contributed by atoms with Gasteiger partial charge in [0.05, 0.1) is 0 Å². The van der Waals surface area contributed by atoms with E-state index >= 15 is 0 Å². The van der Waals surface area contributed by atoms with Crippen LogP contribution in [0.5, 0.6) is 0 Å². The Hall–Kier alpha value is -1.40. The smallest absolute Gasteiger partial charge is 0.158 e. The summed E-state index contributed by atoms with van der Waals surface area (Å²) in [4.78, 5) is 10.9. The van der Waals surface area contributed by atoms with Gasteiger partial charge in [0, 0.05) is 26.3 Å². The highest BCUT2D eigenvalue weighted by atomic mass is 16.5. The molecule has 6 heteroatoms. The van der Waals surface area contributed by atoms with Crippen molar-refractivity contribution in [1.29, 1.82) is 0 Å². The van der Waals surface area contributed by atoms with Crippen LogP contribution in [0.25, 0.3) is 0 Å². The first kappa shape index (κ1) is 11.1. The number of nitrogens with one attached hydrogen (secondary N) is 1. The second-order valence-electron chi connectivity index (χ2n) is 3.80. The maximum Gasteiger partial charge on any atom is 0.158 e. The van der Waals surface area contributed by atoms with Gasteiger partial charge in [0.15, 0.2) is 5.82 Å². The van der Waals surface area contributed by atoms with Crippen LogP contribution in [0, 0.1) is 0 Å². The zero-order chi connectivity index (χ0) is 11.4. The zero-order valence-electron chi connectivity index (χ0n) is 9.44. The molecule has 16 heavy (non-hydrogen) atoms. The Morgan fingerprint density at radius 3 is 2.81 bits per heavy atom. The Kier molecular flexibility index (Phi) is 3.53. The van der Waals surface area contributed by atoms with E-state index in [9.17, 15) is 0 Å². The molecular formula is C10H17N5O. The minimum absolute atomic E-state index is 0.399. The molecule has 2 heterocycles. The molecule has 0 aliphatic carbocycles. The average molecular weight is 223 g/mol. The molecule has 0 radical (unpaired) electrons. The lowest BCUT2D eigenvalue weighted by molar-refractivity contribution is 0.178. The van der Waals surface area contributed by atoms with Crippen molar-refractivity contribution in [2.45, 2.75) is 19.4 Å². The van der Waals surface area contributed by atoms with Crippen LogP contribution in [0.3, 0.4) is 0 Å². The molecule has 1 aliphatic heterocycles. The third-order valence-electron chi connectivity index (χ3n) is 2.61. The molecule has 1 aromatic heterocycles. The van der Waals surface area contributed by atoms with Crippen LogP contribution in [-0.4, -0.2) is 30.2 Å². The maximum absolute atomic E-state index is 5.38. The summed E-state index contributed by atoms with van der Waals surface area (Å²) in [5, 5.41) is 0. The SMILES string of the molecule is COCc1nc(NN)cc(N2CCCC2)n1. The van der Waals surface area contributed by atoms with Gasteiger partial charge in [-0.2, -0.15) is 0 Å². The summed E-state index contributed by atoms with van der Waals surface area (Å²) in [7, 11) is 1.63. The van der Waals surface area contributed by atoms with Gasteiger partial charge >= 0.3 is 0 Å². The first-order valence-corrected chi connectivity index (χ1v) is 5.42. The lowest BCUT2D eigenvalue weighted by atomic mass is 10.4. The van der Waals surface area contributed by atoms with E-state index in [0.29, 0.717) is 18.2 Å². The Balaban J connectivity index is 2.24. The third kappa shape index (κ3) is 2.40. The molecule has 88 valence electrons. The molecule has 1 aromatic rings. The maximum atomic E-state index is 5.38. The summed E-state index contributed by atoms with van der Waals surface area (Å²) >= 11 is 0. The number of methoxy groups -OCH3 is 1. The van der Waals surface area contributed by atoms with Gasteiger partial charge in [-0.25, -0.2) is 15.8 Å². The Morgan fingerprint density at radius 1 is 1.44 bits per heavy atom. The number of nitrogens with zero attached hydrogens (tertiary/aromatic N) is 3. The Labute approximate surface area is 94.8 Å². The van der Waals surface area contributed by atoms with Crippen LogP contribution < -0.4 is 16.2 Å². The molecule has 1 fully saturated rings. The minimum atomic E-state index is 0.399. The van der Waals surface area contributed by atoms with Gasteiger partial charge in [-0.05, 0) is 12.8 Å². The number of anilines is 2. The summed E-state index contributed by atoms with van der Waals surface area (Å²) in [6.07, 6.45) is 2.43. The van der Waals surface area contributed by atoms with Crippen LogP contribution in [0.15, 0.2) is 6.07 Å². The van der Waals surface area contributed by atoms with E-state index in [4.69, 9.17) is 10.6 Å². The van der Waals surface area contributed by atoms with Gasteiger partial charge in [0.25, 0.3) is 0 Å². The van der Waals surface area contributed by atoms with Gasteiger partial charge in [0.2, 0.25) is 0 Å². The van der Waals surface area contributed by atoms with Gasteiger partial charge < -0.3 is 15.1 Å². The molecule has 1 saturated heterocycles. The monoisotopic (exact) mass is 223 g/mol. The van der Waals surface area contributed by atoms with E-state index in [1.54, 1.807) is 7.11 Å². The highest BCUT2D eigenvalue weighted by molar-refractivity contribution is 5.49. The summed E-state index contributed by atoms with van der Waals surface area (Å²) in [6.45, 7) is 2.50. The molecule has 1 aliphatic rings. The highest BCUT2D eigenvalue weighted by Gasteiger charge is 2.15. The van der Waals surface area contributed by atoms with E-state index in [-0.39, 0.29) is 0 Å². The van der Waals surface area contributed by atoms with E-state index in [1.165, 1.54) is 12.8 Å². The molecule has 0 atom stereocenters. The van der Waals surface area contributed by atoms with E-state index in [2.05, 4.69) is 20.3 Å². The number of hydrazine groups is 1. The van der Waals surface area contributed by atoms with E-state index in [1.807, 2.05) is 6.07 Å². The first-order valence-electron chi connectivity index (χ1n) is 5.42. The molecule has 2 rings (SSSR count). The Bertz CT molecular complexity index is 351. The number of hydrogen-bond acceptors (Lipinski definition) is 6. The van der Waals surface area contributed by atoms with Gasteiger partial charge in [0.1, 0.15) is 18.2 Å². The highest BCUT2D eigenvalue weighted by Crippen LogP contribution is 2.20. The predicted molar refractivity (Wildman–Crippen MR) is 62.0 cm³/mol. The first-order chi connectivity index (χ1) is 7.83. The lowest BCUT2D eigenvalue weighted by Gasteiger charge is -2.17. The topological polar surface area (TPSA) is 76.3 Å². The normalized spacial score (nSPS) is 15.5. The Morgan fingerprint density at radius 2 is 2.19 bits per heavy atom. The molecule has 0 aromatic carbocycles. The lowest BCUT2D eigenvalue weighted by Crippen LogP contribution is -2.21. The summed E-state index contributed by atoms with van der Waals surface area (Å²) in [5.74, 6) is 7.59. The molecule has 0 spiro atoms. The van der Waals surface area contributed by atoms with Crippen LogP contribution in [0.1, 0.15) is 18.7 Å². The number of rotatable bonds is 4. The van der Waals surface area contributed by atoms with Gasteiger partial charge in [-0.15, -0.1) is 0 Å². The van der Waals surface area contributed by atoms with Crippen molar-refractivity contribution in [3.05, 3.63) is 11.9 Å². The third-order valence-corrected chi connectivity index (χ3v) is 2.61. The summed E-state index contributed by atoms with van der Waals surface area (Å²) in [6, 6.07) is 1.87. The van der Waals surface area contributed by atoms with Crippen LogP contribution in [0.4, 0.5) is 11.6 Å². The molecule has 0 unspecified atom stereocenters. The van der Waals surface area contributed by atoms with Crippen molar-refractivity contribution in [3.8, 4) is 0 Å². The number of aromatic nitrogens is 2. The number of ether oxygens (including phenoxy) is 1.